The molecule has 2 fully saturated rings. The summed E-state index contributed by atoms with van der Waals surface area (Å²) in [6.07, 6.45) is 0.962. The molecule has 2 aliphatic heterocycles. The lowest BCUT2D eigenvalue weighted by molar-refractivity contribution is -0.259. The Morgan fingerprint density at radius 1 is 1.10 bits per heavy atom. The maximum absolute atomic E-state index is 12.6. The first-order valence-electron chi connectivity index (χ1n) is 10.6. The predicted octanol–water partition coefficient (Wildman–Crippen LogP) is 5.04. The van der Waals surface area contributed by atoms with Crippen LogP contribution in [0.2, 0.25) is 0 Å². The third-order valence-corrected chi connectivity index (χ3v) is 7.75. The molecule has 2 aromatic rings. The fourth-order valence-corrected chi connectivity index (χ4v) is 6.11. The minimum atomic E-state index is -0.273. The van der Waals surface area contributed by atoms with Crippen molar-refractivity contribution in [3.05, 3.63) is 65.7 Å². The van der Waals surface area contributed by atoms with Crippen LogP contribution in [0.5, 0.6) is 5.75 Å². The molecule has 1 saturated carbocycles. The van der Waals surface area contributed by atoms with E-state index < -0.39 is 0 Å². The van der Waals surface area contributed by atoms with Crippen molar-refractivity contribution >= 4 is 5.97 Å². The Balaban J connectivity index is 1.44. The minimum absolute atomic E-state index is 0.0328. The molecular formula is C25H28O4. The van der Waals surface area contributed by atoms with Crippen LogP contribution in [0.3, 0.4) is 0 Å². The second-order valence-corrected chi connectivity index (χ2v) is 9.28. The molecular weight excluding hydrogens is 364 g/mol. The molecule has 0 amide bonds. The van der Waals surface area contributed by atoms with Gasteiger partial charge in [0.1, 0.15) is 11.4 Å². The van der Waals surface area contributed by atoms with E-state index in [2.05, 4.69) is 26.8 Å². The number of benzene rings is 2. The first-order chi connectivity index (χ1) is 13.9. The van der Waals surface area contributed by atoms with Crippen molar-refractivity contribution in [1.29, 1.82) is 0 Å². The van der Waals surface area contributed by atoms with E-state index in [-0.39, 0.29) is 29.0 Å². The second kappa shape index (κ2) is 6.60. The Labute approximate surface area is 172 Å². The predicted molar refractivity (Wildman–Crippen MR) is 110 cm³/mol. The molecule has 6 atom stereocenters. The van der Waals surface area contributed by atoms with Gasteiger partial charge in [0.15, 0.2) is 0 Å². The van der Waals surface area contributed by atoms with Gasteiger partial charge in [0.2, 0.25) is 0 Å². The lowest BCUT2D eigenvalue weighted by Crippen LogP contribution is -2.66. The fourth-order valence-electron chi connectivity index (χ4n) is 6.11. The summed E-state index contributed by atoms with van der Waals surface area (Å²) in [5, 5.41) is 0. The van der Waals surface area contributed by atoms with E-state index in [0.29, 0.717) is 30.6 Å². The largest absolute Gasteiger partial charge is 0.487 e. The summed E-state index contributed by atoms with van der Waals surface area (Å²) in [7, 11) is 0. The van der Waals surface area contributed by atoms with E-state index in [1.807, 2.05) is 36.4 Å². The third-order valence-electron chi connectivity index (χ3n) is 7.75. The quantitative estimate of drug-likeness (QED) is 0.686. The van der Waals surface area contributed by atoms with Crippen LogP contribution in [0, 0.1) is 23.2 Å². The van der Waals surface area contributed by atoms with Gasteiger partial charge >= 0.3 is 5.97 Å². The van der Waals surface area contributed by atoms with Crippen molar-refractivity contribution in [2.24, 2.45) is 23.2 Å². The Kier molecular flexibility index (Phi) is 4.25. The molecule has 2 bridgehead atoms. The van der Waals surface area contributed by atoms with Crippen LogP contribution in [0.1, 0.15) is 49.2 Å². The van der Waals surface area contributed by atoms with E-state index in [4.69, 9.17) is 14.2 Å². The van der Waals surface area contributed by atoms with Crippen molar-refractivity contribution in [2.75, 3.05) is 13.2 Å². The van der Waals surface area contributed by atoms with Crippen LogP contribution >= 0.6 is 0 Å². The normalized spacial score (nSPS) is 37.2. The Morgan fingerprint density at radius 2 is 1.83 bits per heavy atom. The number of ether oxygens (including phenoxy) is 3. The molecule has 0 radical (unpaired) electrons. The fraction of sp³-hybridized carbons (Fsp3) is 0.480. The van der Waals surface area contributed by atoms with Gasteiger partial charge in [-0.2, -0.15) is 0 Å². The number of hydrogen-bond donors (Lipinski definition) is 0. The SMILES string of the molecule is C[C@@H]1C[C@@]2(C)Oc3ccccc3[C@@H]3OC[C@@]1(COC(=O)c1ccccc1)[C@@H](C)[C@H]32. The van der Waals surface area contributed by atoms with Crippen LogP contribution < -0.4 is 4.74 Å². The van der Waals surface area contributed by atoms with E-state index in [1.165, 1.54) is 0 Å². The zero-order valence-electron chi connectivity index (χ0n) is 17.3. The number of fused-ring (bicyclic) bond motifs is 3. The molecule has 0 unspecified atom stereocenters. The molecule has 4 heteroatoms. The number of carbonyl (C=O) groups is 1. The highest BCUT2D eigenvalue weighted by Gasteiger charge is 2.64. The minimum Gasteiger partial charge on any atom is -0.487 e. The highest BCUT2D eigenvalue weighted by Crippen LogP contribution is 2.63. The number of para-hydroxylation sites is 1. The van der Waals surface area contributed by atoms with Gasteiger partial charge < -0.3 is 14.2 Å². The van der Waals surface area contributed by atoms with E-state index in [1.54, 1.807) is 12.1 Å². The van der Waals surface area contributed by atoms with E-state index in [9.17, 15) is 4.79 Å². The van der Waals surface area contributed by atoms with Gasteiger partial charge in [-0.15, -0.1) is 0 Å². The molecule has 5 rings (SSSR count). The van der Waals surface area contributed by atoms with Gasteiger partial charge in [-0.05, 0) is 43.4 Å². The van der Waals surface area contributed by atoms with Gasteiger partial charge in [-0.3, -0.25) is 0 Å². The Bertz CT molecular complexity index is 925. The number of hydrogen-bond acceptors (Lipinski definition) is 4. The summed E-state index contributed by atoms with van der Waals surface area (Å²) in [4.78, 5) is 12.6. The van der Waals surface area contributed by atoms with Crippen molar-refractivity contribution in [3.8, 4) is 5.75 Å². The number of esters is 1. The molecule has 1 aliphatic carbocycles. The first kappa shape index (κ1) is 18.7. The number of rotatable bonds is 3. The standard InChI is InChI=1S/C25H28O4/c1-16-13-24(3)21-17(2)25(16,15-28-23(26)18-9-5-4-6-10-18)14-27-22(21)19-11-7-8-12-20(19)29-24/h4-12,16-17,21-22H,13-15H2,1-3H3/t16-,17+,21-,22+,24-,25+/m1/s1. The van der Waals surface area contributed by atoms with E-state index in [0.717, 1.165) is 17.7 Å². The van der Waals surface area contributed by atoms with Crippen LogP contribution in [0.15, 0.2) is 54.6 Å². The molecule has 0 spiro atoms. The van der Waals surface area contributed by atoms with Crippen molar-refractivity contribution in [2.45, 2.75) is 38.9 Å². The van der Waals surface area contributed by atoms with Gasteiger partial charge in [-0.25, -0.2) is 4.79 Å². The molecule has 1 saturated heterocycles. The van der Waals surface area contributed by atoms with Gasteiger partial charge in [0.25, 0.3) is 0 Å². The third kappa shape index (κ3) is 2.72. The smallest absolute Gasteiger partial charge is 0.338 e. The van der Waals surface area contributed by atoms with Crippen LogP contribution in [-0.4, -0.2) is 24.8 Å². The summed E-state index contributed by atoms with van der Waals surface area (Å²) in [5.41, 5.74) is 1.27. The average molecular weight is 392 g/mol. The van der Waals surface area contributed by atoms with Gasteiger partial charge in [-0.1, -0.05) is 50.2 Å². The van der Waals surface area contributed by atoms with Crippen LogP contribution in [0.4, 0.5) is 0 Å². The van der Waals surface area contributed by atoms with Gasteiger partial charge in [0, 0.05) is 16.9 Å². The summed E-state index contributed by atoms with van der Waals surface area (Å²) in [5.74, 6) is 1.54. The molecule has 4 nitrogen and oxygen atoms in total. The zero-order chi connectivity index (χ0) is 20.2. The maximum atomic E-state index is 12.6. The molecule has 2 heterocycles. The van der Waals surface area contributed by atoms with Crippen LogP contribution in [0.25, 0.3) is 0 Å². The topological polar surface area (TPSA) is 44.8 Å². The Hall–Kier alpha value is -2.33. The maximum Gasteiger partial charge on any atom is 0.338 e. The molecule has 0 N–H and O–H groups in total. The van der Waals surface area contributed by atoms with Gasteiger partial charge in [0.05, 0.1) is 24.9 Å². The lowest BCUT2D eigenvalue weighted by Gasteiger charge is -2.63. The number of carbonyl (C=O) groups excluding carboxylic acids is 1. The Morgan fingerprint density at radius 3 is 2.62 bits per heavy atom. The second-order valence-electron chi connectivity index (χ2n) is 9.28. The van der Waals surface area contributed by atoms with E-state index >= 15 is 0 Å². The molecule has 152 valence electrons. The zero-order valence-corrected chi connectivity index (χ0v) is 17.3. The van der Waals surface area contributed by atoms with Crippen molar-refractivity contribution in [1.82, 2.24) is 0 Å². The summed E-state index contributed by atoms with van der Waals surface area (Å²) in [6, 6.07) is 17.4. The highest BCUT2D eigenvalue weighted by atomic mass is 16.5. The first-order valence-corrected chi connectivity index (χ1v) is 10.6. The highest BCUT2D eigenvalue weighted by molar-refractivity contribution is 5.89. The average Bonchev–Trinajstić information content (AvgIpc) is 2.72. The summed E-state index contributed by atoms with van der Waals surface area (Å²) >= 11 is 0. The monoisotopic (exact) mass is 392 g/mol. The molecule has 29 heavy (non-hydrogen) atoms. The van der Waals surface area contributed by atoms with Crippen molar-refractivity contribution < 1.29 is 19.0 Å². The summed E-state index contributed by atoms with van der Waals surface area (Å²) in [6.45, 7) is 7.75. The molecule has 3 aliphatic rings. The van der Waals surface area contributed by atoms with Crippen LogP contribution in [-0.2, 0) is 9.47 Å². The van der Waals surface area contributed by atoms with Crippen molar-refractivity contribution in [3.63, 3.8) is 0 Å². The molecule has 0 aromatic heterocycles. The lowest BCUT2D eigenvalue weighted by atomic mass is 9.50. The summed E-state index contributed by atoms with van der Waals surface area (Å²) < 4.78 is 18.9. The molecule has 2 aromatic carbocycles.